The highest BCUT2D eigenvalue weighted by molar-refractivity contribution is 6.24. The van der Waals surface area contributed by atoms with Gasteiger partial charge in [0.25, 0.3) is 5.91 Å². The normalized spacial score (nSPS) is 28.1. The third-order valence-corrected chi connectivity index (χ3v) is 6.12. The lowest BCUT2D eigenvalue weighted by Gasteiger charge is -2.29. The van der Waals surface area contributed by atoms with Gasteiger partial charge in [-0.2, -0.15) is 0 Å². The maximum absolute atomic E-state index is 13.4. The van der Waals surface area contributed by atoms with Crippen LogP contribution in [-0.2, 0) is 9.59 Å². The number of imide groups is 1. The van der Waals surface area contributed by atoms with Gasteiger partial charge in [-0.05, 0) is 38.0 Å². The van der Waals surface area contributed by atoms with Crippen molar-refractivity contribution in [3.05, 3.63) is 65.2 Å². The molecule has 0 N–H and O–H groups in total. The topological polar surface area (TPSA) is 43.9 Å². The Morgan fingerprint density at radius 3 is 1.93 bits per heavy atom. The molecule has 27 heavy (non-hydrogen) atoms. The summed E-state index contributed by atoms with van der Waals surface area (Å²) in [6.07, 6.45) is 1.03. The highest BCUT2D eigenvalue weighted by atomic mass is 16.2. The minimum atomic E-state index is -0.382. The predicted octanol–water partition coefficient (Wildman–Crippen LogP) is 2.84. The molecule has 3 aliphatic heterocycles. The van der Waals surface area contributed by atoms with Crippen molar-refractivity contribution in [1.82, 2.24) is 10.0 Å². The second-order valence-electron chi connectivity index (χ2n) is 7.85. The van der Waals surface area contributed by atoms with E-state index in [4.69, 9.17) is 0 Å². The molecule has 0 saturated carbocycles. The van der Waals surface area contributed by atoms with Gasteiger partial charge in [-0.25, -0.2) is 14.9 Å². The number of amides is 2. The van der Waals surface area contributed by atoms with Crippen LogP contribution in [0.3, 0.4) is 0 Å². The predicted molar refractivity (Wildman–Crippen MR) is 103 cm³/mol. The molecular weight excluding hydrogens is 338 g/mol. The van der Waals surface area contributed by atoms with Gasteiger partial charge >= 0.3 is 0 Å². The van der Waals surface area contributed by atoms with Crippen LogP contribution in [0, 0.1) is 19.8 Å². The van der Waals surface area contributed by atoms with Crippen LogP contribution in [0.5, 0.6) is 0 Å². The van der Waals surface area contributed by atoms with Gasteiger partial charge in [0.2, 0.25) is 5.91 Å². The largest absolute Gasteiger partial charge is 0.274 e. The minimum Gasteiger partial charge on any atom is -0.274 e. The standard InChI is InChI=1S/C22H23N3O2/c1-14-4-8-16(9-5-14)19-18-20(24-13-3-12-23(19)24)22(27)25(21(18)26)17-10-6-15(2)7-11-17/h4-11,18-20H,3,12-13H2,1-2H3/t18-,19-,20-/m0/s1. The zero-order valence-electron chi connectivity index (χ0n) is 15.6. The number of rotatable bonds is 2. The number of aryl methyl sites for hydroxylation is 2. The van der Waals surface area contributed by atoms with E-state index in [2.05, 4.69) is 41.2 Å². The Morgan fingerprint density at radius 1 is 0.741 bits per heavy atom. The summed E-state index contributed by atoms with van der Waals surface area (Å²) in [7, 11) is 0. The summed E-state index contributed by atoms with van der Waals surface area (Å²) in [5.74, 6) is -0.508. The maximum Gasteiger partial charge on any atom is 0.253 e. The molecule has 2 aromatic carbocycles. The van der Waals surface area contributed by atoms with Gasteiger partial charge in [0.1, 0.15) is 6.04 Å². The average Bonchev–Trinajstić information content (AvgIpc) is 3.30. The van der Waals surface area contributed by atoms with E-state index in [1.807, 2.05) is 31.2 Å². The molecule has 0 bridgehead atoms. The zero-order valence-corrected chi connectivity index (χ0v) is 15.6. The molecule has 2 amide bonds. The van der Waals surface area contributed by atoms with E-state index in [-0.39, 0.29) is 29.8 Å². The van der Waals surface area contributed by atoms with Crippen molar-refractivity contribution in [1.29, 1.82) is 0 Å². The minimum absolute atomic E-state index is 0.0648. The van der Waals surface area contributed by atoms with Gasteiger partial charge in [0.15, 0.2) is 0 Å². The molecule has 0 unspecified atom stereocenters. The van der Waals surface area contributed by atoms with Crippen molar-refractivity contribution in [3.63, 3.8) is 0 Å². The summed E-state index contributed by atoms with van der Waals surface area (Å²) >= 11 is 0. The molecule has 0 aromatic heterocycles. The Kier molecular flexibility index (Phi) is 3.71. The molecule has 0 radical (unpaired) electrons. The van der Waals surface area contributed by atoms with Crippen LogP contribution >= 0.6 is 0 Å². The lowest BCUT2D eigenvalue weighted by molar-refractivity contribution is -0.126. The number of fused-ring (bicyclic) bond motifs is 3. The SMILES string of the molecule is Cc1ccc([C@H]2[C@@H]3C(=O)N(c4ccc(C)cc4)C(=O)[C@H]3N3CCCN23)cc1. The quantitative estimate of drug-likeness (QED) is 0.772. The third-order valence-electron chi connectivity index (χ3n) is 6.12. The molecule has 3 heterocycles. The van der Waals surface area contributed by atoms with Gasteiger partial charge in [-0.15, -0.1) is 0 Å². The van der Waals surface area contributed by atoms with Crippen molar-refractivity contribution < 1.29 is 9.59 Å². The molecule has 5 heteroatoms. The maximum atomic E-state index is 13.4. The van der Waals surface area contributed by atoms with Crippen LogP contribution in [0.4, 0.5) is 5.69 Å². The number of hydrogen-bond donors (Lipinski definition) is 0. The Hall–Kier alpha value is -2.50. The summed E-state index contributed by atoms with van der Waals surface area (Å²) < 4.78 is 0. The van der Waals surface area contributed by atoms with Crippen LogP contribution in [0.2, 0.25) is 0 Å². The van der Waals surface area contributed by atoms with E-state index in [0.29, 0.717) is 5.69 Å². The monoisotopic (exact) mass is 361 g/mol. The molecule has 3 fully saturated rings. The molecule has 3 aliphatic rings. The number of hydrazine groups is 1. The Balaban J connectivity index is 1.57. The summed E-state index contributed by atoms with van der Waals surface area (Å²) in [5.41, 5.74) is 4.10. The van der Waals surface area contributed by atoms with Crippen molar-refractivity contribution >= 4 is 17.5 Å². The molecule has 3 atom stereocenters. The number of benzene rings is 2. The third kappa shape index (κ3) is 2.38. The first-order valence-electron chi connectivity index (χ1n) is 9.60. The van der Waals surface area contributed by atoms with Crippen molar-refractivity contribution in [2.45, 2.75) is 32.4 Å². The van der Waals surface area contributed by atoms with E-state index in [9.17, 15) is 9.59 Å². The first kappa shape index (κ1) is 16.7. The summed E-state index contributed by atoms with van der Waals surface area (Å²) in [5, 5.41) is 4.39. The molecule has 0 aliphatic carbocycles. The molecule has 2 aromatic rings. The lowest BCUT2D eigenvalue weighted by Crippen LogP contribution is -2.44. The van der Waals surface area contributed by atoms with Gasteiger partial charge in [0, 0.05) is 13.1 Å². The molecular formula is C22H23N3O2. The Morgan fingerprint density at radius 2 is 1.30 bits per heavy atom. The number of nitrogens with zero attached hydrogens (tertiary/aromatic N) is 3. The first-order chi connectivity index (χ1) is 13.1. The number of hydrogen-bond acceptors (Lipinski definition) is 4. The van der Waals surface area contributed by atoms with Gasteiger partial charge in [-0.1, -0.05) is 47.5 Å². The van der Waals surface area contributed by atoms with Crippen molar-refractivity contribution in [2.75, 3.05) is 18.0 Å². The summed E-state index contributed by atoms with van der Waals surface area (Å²) in [4.78, 5) is 28.1. The van der Waals surface area contributed by atoms with E-state index in [1.54, 1.807) is 0 Å². The number of carbonyl (C=O) groups is 2. The van der Waals surface area contributed by atoms with Crippen LogP contribution in [-0.4, -0.2) is 41.0 Å². The Bertz CT molecular complexity index is 906. The highest BCUT2D eigenvalue weighted by Crippen LogP contribution is 2.48. The second kappa shape index (κ2) is 6.01. The first-order valence-corrected chi connectivity index (χ1v) is 9.60. The summed E-state index contributed by atoms with van der Waals surface area (Å²) in [6, 6.07) is 15.6. The smallest absolute Gasteiger partial charge is 0.253 e. The molecule has 0 spiro atoms. The fourth-order valence-corrected chi connectivity index (χ4v) is 4.83. The van der Waals surface area contributed by atoms with Gasteiger partial charge in [-0.3, -0.25) is 9.59 Å². The highest BCUT2D eigenvalue weighted by Gasteiger charge is 2.62. The number of anilines is 1. The molecule has 5 nitrogen and oxygen atoms in total. The van der Waals surface area contributed by atoms with E-state index in [0.717, 1.165) is 30.6 Å². The average molecular weight is 361 g/mol. The molecule has 3 saturated heterocycles. The van der Waals surface area contributed by atoms with Crippen LogP contribution in [0.1, 0.15) is 29.2 Å². The van der Waals surface area contributed by atoms with Crippen LogP contribution < -0.4 is 4.90 Å². The number of carbonyl (C=O) groups excluding carboxylic acids is 2. The molecule has 138 valence electrons. The van der Waals surface area contributed by atoms with Crippen molar-refractivity contribution in [2.24, 2.45) is 5.92 Å². The van der Waals surface area contributed by atoms with Crippen LogP contribution in [0.25, 0.3) is 0 Å². The van der Waals surface area contributed by atoms with Gasteiger partial charge < -0.3 is 0 Å². The second-order valence-corrected chi connectivity index (χ2v) is 7.85. The van der Waals surface area contributed by atoms with Gasteiger partial charge in [0.05, 0.1) is 17.6 Å². The lowest BCUT2D eigenvalue weighted by atomic mass is 9.89. The Labute approximate surface area is 159 Å². The fourth-order valence-electron chi connectivity index (χ4n) is 4.83. The van der Waals surface area contributed by atoms with E-state index < -0.39 is 0 Å². The van der Waals surface area contributed by atoms with Crippen molar-refractivity contribution in [3.8, 4) is 0 Å². The van der Waals surface area contributed by atoms with E-state index >= 15 is 0 Å². The fraction of sp³-hybridized carbons (Fsp3) is 0.364. The van der Waals surface area contributed by atoms with Crippen LogP contribution in [0.15, 0.2) is 48.5 Å². The summed E-state index contributed by atoms with van der Waals surface area (Å²) in [6.45, 7) is 5.80. The molecule has 5 rings (SSSR count). The zero-order chi connectivity index (χ0) is 18.7. The van der Waals surface area contributed by atoms with E-state index in [1.165, 1.54) is 10.5 Å².